The minimum Gasteiger partial charge on any atom is -0.478 e. The highest BCUT2D eigenvalue weighted by Crippen LogP contribution is 2.13. The van der Waals surface area contributed by atoms with Gasteiger partial charge in [-0.05, 0) is 23.3 Å². The van der Waals surface area contributed by atoms with Crippen LogP contribution in [0.2, 0.25) is 0 Å². The molecular weight excluding hydrogens is 216 g/mol. The molecule has 84 valence electrons. The number of carbonyl (C=O) groups is 1. The predicted octanol–water partition coefficient (Wildman–Crippen LogP) is 2.51. The first kappa shape index (κ1) is 12.4. The van der Waals surface area contributed by atoms with Gasteiger partial charge in [0.15, 0.2) is 0 Å². The van der Waals surface area contributed by atoms with Crippen molar-refractivity contribution >= 4 is 17.8 Å². The monoisotopic (exact) mass is 226 g/mol. The molecule has 0 heterocycles. The second kappa shape index (κ2) is 5.42. The molecule has 0 spiro atoms. The first-order valence-electron chi connectivity index (χ1n) is 4.70. The number of benzene rings is 1. The molecule has 0 amide bonds. The maximum Gasteiger partial charge on any atom is 0.335 e. The zero-order valence-corrected chi connectivity index (χ0v) is 9.05. The summed E-state index contributed by atoms with van der Waals surface area (Å²) in [6.45, 7) is 7.13. The number of aliphatic imine (C=N–C) groups is 1. The van der Waals surface area contributed by atoms with Gasteiger partial charge in [0.2, 0.25) is 0 Å². The van der Waals surface area contributed by atoms with E-state index in [1.807, 2.05) is 0 Å². The molecule has 0 aromatic heterocycles. The van der Waals surface area contributed by atoms with E-state index in [1.165, 1.54) is 18.3 Å². The number of hydrogen-bond acceptors (Lipinski definition) is 3. The zero-order valence-electron chi connectivity index (χ0n) is 9.05. The minimum absolute atomic E-state index is 0.0699. The SMILES string of the molecule is C=C(C#N)N=CC(=C)c1cccc(C(=O)O)c1. The number of carboxylic acids is 1. The topological polar surface area (TPSA) is 73.5 Å². The van der Waals surface area contributed by atoms with Gasteiger partial charge in [-0.15, -0.1) is 0 Å². The summed E-state index contributed by atoms with van der Waals surface area (Å²) in [5, 5.41) is 17.3. The van der Waals surface area contributed by atoms with Crippen molar-refractivity contribution in [2.45, 2.75) is 0 Å². The van der Waals surface area contributed by atoms with E-state index in [0.717, 1.165) is 0 Å². The normalized spacial score (nSPS) is 9.82. The van der Waals surface area contributed by atoms with E-state index in [1.54, 1.807) is 18.2 Å². The second-order valence-electron chi connectivity index (χ2n) is 3.23. The van der Waals surface area contributed by atoms with Gasteiger partial charge >= 0.3 is 5.97 Å². The van der Waals surface area contributed by atoms with Crippen molar-refractivity contribution in [2.75, 3.05) is 0 Å². The average molecular weight is 226 g/mol. The quantitative estimate of drug-likeness (QED) is 0.633. The third-order valence-corrected chi connectivity index (χ3v) is 1.99. The van der Waals surface area contributed by atoms with Gasteiger partial charge in [0.25, 0.3) is 0 Å². The molecule has 4 nitrogen and oxygen atoms in total. The smallest absolute Gasteiger partial charge is 0.335 e. The molecule has 0 unspecified atom stereocenters. The van der Waals surface area contributed by atoms with Gasteiger partial charge in [-0.25, -0.2) is 9.79 Å². The summed E-state index contributed by atoms with van der Waals surface area (Å²) in [4.78, 5) is 14.5. The first-order valence-corrected chi connectivity index (χ1v) is 4.70. The van der Waals surface area contributed by atoms with Crippen molar-refractivity contribution in [1.82, 2.24) is 0 Å². The van der Waals surface area contributed by atoms with Crippen LogP contribution in [0, 0.1) is 11.3 Å². The molecule has 1 aromatic rings. The Morgan fingerprint density at radius 2 is 2.06 bits per heavy atom. The van der Waals surface area contributed by atoms with Gasteiger partial charge < -0.3 is 5.11 Å². The molecule has 0 atom stereocenters. The Morgan fingerprint density at radius 1 is 1.41 bits per heavy atom. The van der Waals surface area contributed by atoms with Gasteiger partial charge in [-0.1, -0.05) is 25.3 Å². The van der Waals surface area contributed by atoms with Crippen molar-refractivity contribution in [3.8, 4) is 6.07 Å². The van der Waals surface area contributed by atoms with Crippen LogP contribution in [0.1, 0.15) is 15.9 Å². The molecule has 4 heteroatoms. The van der Waals surface area contributed by atoms with Crippen LogP contribution in [-0.2, 0) is 0 Å². The van der Waals surface area contributed by atoms with Crippen LogP contribution in [-0.4, -0.2) is 17.3 Å². The number of allylic oxidation sites excluding steroid dienone is 2. The lowest BCUT2D eigenvalue weighted by molar-refractivity contribution is 0.0697. The highest BCUT2D eigenvalue weighted by atomic mass is 16.4. The summed E-state index contributed by atoms with van der Waals surface area (Å²) in [6.07, 6.45) is 1.38. The number of rotatable bonds is 4. The fourth-order valence-corrected chi connectivity index (χ4v) is 1.11. The van der Waals surface area contributed by atoms with Crippen LogP contribution in [0.15, 0.2) is 48.1 Å². The summed E-state index contributed by atoms with van der Waals surface area (Å²) in [7, 11) is 0. The van der Waals surface area contributed by atoms with Gasteiger partial charge in [-0.2, -0.15) is 5.26 Å². The van der Waals surface area contributed by atoms with Crippen LogP contribution >= 0.6 is 0 Å². The Labute approximate surface area is 98.9 Å². The molecule has 0 aliphatic carbocycles. The molecule has 0 saturated carbocycles. The van der Waals surface area contributed by atoms with Gasteiger partial charge in [0.05, 0.1) is 5.56 Å². The van der Waals surface area contributed by atoms with Gasteiger partial charge in [0.1, 0.15) is 11.8 Å². The van der Waals surface area contributed by atoms with Crippen LogP contribution in [0.25, 0.3) is 5.57 Å². The Morgan fingerprint density at radius 3 is 2.65 bits per heavy atom. The van der Waals surface area contributed by atoms with E-state index in [-0.39, 0.29) is 11.3 Å². The lowest BCUT2D eigenvalue weighted by Gasteiger charge is -2.01. The molecule has 17 heavy (non-hydrogen) atoms. The largest absolute Gasteiger partial charge is 0.478 e. The summed E-state index contributed by atoms with van der Waals surface area (Å²) in [5.41, 5.74) is 1.40. The van der Waals surface area contributed by atoms with E-state index < -0.39 is 5.97 Å². The number of nitrogens with zero attached hydrogens (tertiary/aromatic N) is 2. The summed E-state index contributed by atoms with van der Waals surface area (Å²) in [6, 6.07) is 8.10. The average Bonchev–Trinajstić information content (AvgIpc) is 2.35. The molecule has 0 aliphatic heterocycles. The summed E-state index contributed by atoms with van der Waals surface area (Å²) < 4.78 is 0. The van der Waals surface area contributed by atoms with Gasteiger partial charge in [-0.3, -0.25) is 0 Å². The van der Waals surface area contributed by atoms with Crippen molar-refractivity contribution in [2.24, 2.45) is 4.99 Å². The Hall–Kier alpha value is -2.67. The van der Waals surface area contributed by atoms with Crippen LogP contribution < -0.4 is 0 Å². The number of aromatic carboxylic acids is 1. The molecule has 1 aromatic carbocycles. The van der Waals surface area contributed by atoms with Crippen molar-refractivity contribution < 1.29 is 9.90 Å². The molecule has 0 radical (unpaired) electrons. The second-order valence-corrected chi connectivity index (χ2v) is 3.23. The molecule has 0 bridgehead atoms. The summed E-state index contributed by atoms with van der Waals surface area (Å²) in [5.74, 6) is -1.00. The minimum atomic E-state index is -1.00. The van der Waals surface area contributed by atoms with E-state index in [9.17, 15) is 4.79 Å². The van der Waals surface area contributed by atoms with Crippen molar-refractivity contribution in [1.29, 1.82) is 5.26 Å². The molecule has 1 rings (SSSR count). The van der Waals surface area contributed by atoms with Crippen LogP contribution in [0.5, 0.6) is 0 Å². The third kappa shape index (κ3) is 3.43. The van der Waals surface area contributed by atoms with E-state index in [4.69, 9.17) is 10.4 Å². The lowest BCUT2D eigenvalue weighted by Crippen LogP contribution is -1.97. The molecular formula is C13H10N2O2. The highest BCUT2D eigenvalue weighted by molar-refractivity contribution is 6.09. The maximum atomic E-state index is 10.8. The summed E-state index contributed by atoms with van der Waals surface area (Å²) >= 11 is 0. The Kier molecular flexibility index (Phi) is 3.96. The predicted molar refractivity (Wildman–Crippen MR) is 65.7 cm³/mol. The number of nitriles is 1. The Bertz CT molecular complexity index is 551. The van der Waals surface area contributed by atoms with Crippen LogP contribution in [0.4, 0.5) is 0 Å². The maximum absolute atomic E-state index is 10.8. The van der Waals surface area contributed by atoms with Gasteiger partial charge in [0, 0.05) is 6.21 Å². The third-order valence-electron chi connectivity index (χ3n) is 1.99. The van der Waals surface area contributed by atoms with E-state index >= 15 is 0 Å². The molecule has 0 aliphatic rings. The molecule has 1 N–H and O–H groups in total. The highest BCUT2D eigenvalue weighted by Gasteiger charge is 2.04. The number of hydrogen-bond donors (Lipinski definition) is 1. The lowest BCUT2D eigenvalue weighted by atomic mass is 10.1. The fraction of sp³-hybridized carbons (Fsp3) is 0. The van der Waals surface area contributed by atoms with Crippen molar-refractivity contribution in [3.05, 3.63) is 54.2 Å². The Balaban J connectivity index is 2.94. The van der Waals surface area contributed by atoms with E-state index in [2.05, 4.69) is 18.2 Å². The zero-order chi connectivity index (χ0) is 12.8. The van der Waals surface area contributed by atoms with E-state index in [0.29, 0.717) is 11.1 Å². The molecule has 0 fully saturated rings. The molecule has 0 saturated heterocycles. The van der Waals surface area contributed by atoms with Crippen LogP contribution in [0.3, 0.4) is 0 Å². The first-order chi connectivity index (χ1) is 8.04. The number of carboxylic acid groups (broad SMARTS) is 1. The van der Waals surface area contributed by atoms with Crippen molar-refractivity contribution in [3.63, 3.8) is 0 Å². The fourth-order valence-electron chi connectivity index (χ4n) is 1.11. The standard InChI is InChI=1S/C13H10N2O2/c1-9(8-15-10(2)7-14)11-4-3-5-12(6-11)13(16)17/h3-6,8H,1-2H2,(H,16,17).